The van der Waals surface area contributed by atoms with Crippen molar-refractivity contribution in [2.45, 2.75) is 37.4 Å². The molecule has 0 aliphatic carbocycles. The van der Waals surface area contributed by atoms with E-state index in [1.54, 1.807) is 4.31 Å². The van der Waals surface area contributed by atoms with Gasteiger partial charge in [0.05, 0.1) is 5.25 Å². The van der Waals surface area contributed by atoms with Crippen LogP contribution in [0.4, 0.5) is 0 Å². The van der Waals surface area contributed by atoms with Crippen molar-refractivity contribution in [1.29, 1.82) is 0 Å². The summed E-state index contributed by atoms with van der Waals surface area (Å²) in [6.45, 7) is 6.49. The first kappa shape index (κ1) is 14.8. The topological polar surface area (TPSA) is 52.7 Å². The molecule has 0 aromatic carbocycles. The molecule has 0 radical (unpaired) electrons. The molecule has 0 aromatic rings. The van der Waals surface area contributed by atoms with E-state index in [0.29, 0.717) is 5.92 Å². The fraction of sp³-hybridized carbons (Fsp3) is 1.00. The van der Waals surface area contributed by atoms with Crippen LogP contribution in [-0.4, -0.2) is 68.7 Å². The highest BCUT2D eigenvalue weighted by atomic mass is 32.2. The first-order valence-corrected chi connectivity index (χ1v) is 9.58. The van der Waals surface area contributed by atoms with Crippen molar-refractivity contribution in [2.75, 3.05) is 45.8 Å². The predicted molar refractivity (Wildman–Crippen MR) is 80.2 cm³/mol. The number of hydrogen-bond donors (Lipinski definition) is 1. The highest BCUT2D eigenvalue weighted by Crippen LogP contribution is 2.25. The van der Waals surface area contributed by atoms with Gasteiger partial charge in [0.15, 0.2) is 0 Å². The van der Waals surface area contributed by atoms with Crippen LogP contribution in [0, 0.1) is 5.92 Å². The number of hydrogen-bond acceptors (Lipinski definition) is 4. The molecule has 0 saturated carbocycles. The number of likely N-dealkylation sites (tertiary alicyclic amines) is 1. The third kappa shape index (κ3) is 3.18. The van der Waals surface area contributed by atoms with E-state index >= 15 is 0 Å². The normalized spacial score (nSPS) is 33.8. The van der Waals surface area contributed by atoms with Crippen LogP contribution < -0.4 is 5.32 Å². The third-order valence-corrected chi connectivity index (χ3v) is 7.30. The molecule has 3 aliphatic heterocycles. The Balaban J connectivity index is 1.53. The fourth-order valence-corrected chi connectivity index (χ4v) is 5.80. The van der Waals surface area contributed by atoms with Crippen LogP contribution in [0.2, 0.25) is 0 Å². The maximum atomic E-state index is 12.6. The molecule has 1 N–H and O–H groups in total. The monoisotopic (exact) mass is 301 g/mol. The summed E-state index contributed by atoms with van der Waals surface area (Å²) in [6, 6.07) is 0. The number of rotatable bonds is 4. The molecule has 3 heterocycles. The molecule has 6 heteroatoms. The average molecular weight is 301 g/mol. The maximum Gasteiger partial charge on any atom is 0.218 e. The molecule has 3 aliphatic rings. The van der Waals surface area contributed by atoms with Gasteiger partial charge in [-0.15, -0.1) is 0 Å². The van der Waals surface area contributed by atoms with Crippen LogP contribution in [-0.2, 0) is 10.0 Å². The van der Waals surface area contributed by atoms with Gasteiger partial charge in [-0.05, 0) is 57.7 Å². The highest BCUT2D eigenvalue weighted by molar-refractivity contribution is 7.89. The molecular weight excluding hydrogens is 274 g/mol. The SMILES string of the molecule is O=S(=O)(C1CCN(CC2CCCNC2)C1)N1CCCC1. The Labute approximate surface area is 122 Å². The van der Waals surface area contributed by atoms with Crippen LogP contribution in [0.3, 0.4) is 0 Å². The van der Waals surface area contributed by atoms with Gasteiger partial charge in [-0.2, -0.15) is 0 Å². The maximum absolute atomic E-state index is 12.6. The predicted octanol–water partition coefficient (Wildman–Crippen LogP) is 0.486. The van der Waals surface area contributed by atoms with Crippen molar-refractivity contribution >= 4 is 10.0 Å². The summed E-state index contributed by atoms with van der Waals surface area (Å²) in [5.74, 6) is 0.706. The zero-order valence-corrected chi connectivity index (χ0v) is 13.1. The van der Waals surface area contributed by atoms with Gasteiger partial charge in [-0.25, -0.2) is 12.7 Å². The summed E-state index contributed by atoms with van der Waals surface area (Å²) in [5, 5.41) is 3.29. The zero-order valence-electron chi connectivity index (χ0n) is 12.3. The van der Waals surface area contributed by atoms with Crippen molar-refractivity contribution in [3.05, 3.63) is 0 Å². The van der Waals surface area contributed by atoms with Gasteiger partial charge in [0, 0.05) is 26.2 Å². The van der Waals surface area contributed by atoms with Gasteiger partial charge in [-0.3, -0.25) is 0 Å². The molecule has 0 bridgehead atoms. The number of piperidine rings is 1. The largest absolute Gasteiger partial charge is 0.316 e. The van der Waals surface area contributed by atoms with E-state index in [1.807, 2.05) is 0 Å². The molecule has 2 atom stereocenters. The lowest BCUT2D eigenvalue weighted by molar-refractivity contribution is 0.244. The van der Waals surface area contributed by atoms with Gasteiger partial charge in [0.1, 0.15) is 0 Å². The molecule has 3 rings (SSSR count). The van der Waals surface area contributed by atoms with Crippen molar-refractivity contribution in [3.8, 4) is 0 Å². The van der Waals surface area contributed by atoms with E-state index in [2.05, 4.69) is 10.2 Å². The molecule has 0 amide bonds. The smallest absolute Gasteiger partial charge is 0.218 e. The van der Waals surface area contributed by atoms with Crippen LogP contribution in [0.15, 0.2) is 0 Å². The van der Waals surface area contributed by atoms with E-state index in [9.17, 15) is 8.42 Å². The Kier molecular flexibility index (Phi) is 4.65. The van der Waals surface area contributed by atoms with E-state index < -0.39 is 10.0 Å². The van der Waals surface area contributed by atoms with Gasteiger partial charge < -0.3 is 10.2 Å². The first-order chi connectivity index (χ1) is 9.66. The number of sulfonamides is 1. The summed E-state index contributed by atoms with van der Waals surface area (Å²) in [7, 11) is -3.04. The minimum absolute atomic E-state index is 0.155. The molecule has 2 unspecified atom stereocenters. The van der Waals surface area contributed by atoms with Crippen LogP contribution in [0.5, 0.6) is 0 Å². The second-order valence-electron chi connectivity index (χ2n) is 6.53. The van der Waals surface area contributed by atoms with Crippen molar-refractivity contribution in [3.63, 3.8) is 0 Å². The van der Waals surface area contributed by atoms with E-state index in [0.717, 1.165) is 65.1 Å². The van der Waals surface area contributed by atoms with Gasteiger partial charge in [0.25, 0.3) is 0 Å². The summed E-state index contributed by atoms with van der Waals surface area (Å²) in [5.41, 5.74) is 0. The lowest BCUT2D eigenvalue weighted by Gasteiger charge is -2.27. The molecule has 20 heavy (non-hydrogen) atoms. The Morgan fingerprint density at radius 2 is 1.85 bits per heavy atom. The molecule has 0 spiro atoms. The van der Waals surface area contributed by atoms with Crippen LogP contribution >= 0.6 is 0 Å². The minimum atomic E-state index is -3.04. The van der Waals surface area contributed by atoms with E-state index in [4.69, 9.17) is 0 Å². The average Bonchev–Trinajstić information content (AvgIpc) is 3.11. The van der Waals surface area contributed by atoms with Crippen molar-refractivity contribution in [2.24, 2.45) is 5.92 Å². The Bertz CT molecular complexity index is 414. The number of nitrogens with zero attached hydrogens (tertiary/aromatic N) is 2. The quantitative estimate of drug-likeness (QED) is 0.821. The van der Waals surface area contributed by atoms with Crippen LogP contribution in [0.25, 0.3) is 0 Å². The summed E-state index contributed by atoms with van der Waals surface area (Å²) < 4.78 is 26.8. The van der Waals surface area contributed by atoms with E-state index in [-0.39, 0.29) is 5.25 Å². The number of nitrogens with one attached hydrogen (secondary N) is 1. The molecule has 0 aromatic heterocycles. The zero-order chi connectivity index (χ0) is 14.0. The fourth-order valence-electron chi connectivity index (χ4n) is 3.80. The van der Waals surface area contributed by atoms with Gasteiger partial charge >= 0.3 is 0 Å². The molecule has 3 saturated heterocycles. The third-order valence-electron chi connectivity index (χ3n) is 4.99. The Hall–Kier alpha value is -0.170. The lowest BCUT2D eigenvalue weighted by atomic mass is 9.99. The molecule has 116 valence electrons. The van der Waals surface area contributed by atoms with Crippen LogP contribution in [0.1, 0.15) is 32.1 Å². The summed E-state index contributed by atoms with van der Waals surface area (Å²) in [6.07, 6.45) is 5.42. The second-order valence-corrected chi connectivity index (χ2v) is 8.75. The first-order valence-electron chi connectivity index (χ1n) is 8.08. The van der Waals surface area contributed by atoms with Crippen molar-refractivity contribution in [1.82, 2.24) is 14.5 Å². The summed E-state index contributed by atoms with van der Waals surface area (Å²) in [4.78, 5) is 2.37. The Morgan fingerprint density at radius 3 is 2.55 bits per heavy atom. The molecule has 5 nitrogen and oxygen atoms in total. The highest BCUT2D eigenvalue weighted by Gasteiger charge is 2.38. The standard InChI is InChI=1S/C14H27N3O2S/c18-20(19,17-7-1-2-8-17)14-5-9-16(12-14)11-13-4-3-6-15-10-13/h13-15H,1-12H2. The minimum Gasteiger partial charge on any atom is -0.316 e. The van der Waals surface area contributed by atoms with E-state index in [1.165, 1.54) is 12.8 Å². The lowest BCUT2D eigenvalue weighted by Crippen LogP contribution is -2.40. The van der Waals surface area contributed by atoms with Crippen molar-refractivity contribution < 1.29 is 8.42 Å². The van der Waals surface area contributed by atoms with Gasteiger partial charge in [-0.1, -0.05) is 0 Å². The van der Waals surface area contributed by atoms with Gasteiger partial charge in [0.2, 0.25) is 10.0 Å². The Morgan fingerprint density at radius 1 is 1.05 bits per heavy atom. The molecular formula is C14H27N3O2S. The summed E-state index contributed by atoms with van der Waals surface area (Å²) >= 11 is 0. The second kappa shape index (κ2) is 6.30. The molecule has 3 fully saturated rings.